The van der Waals surface area contributed by atoms with E-state index in [4.69, 9.17) is 9.47 Å². The maximum absolute atomic E-state index is 15.6. The number of carboxylic acid groups (broad SMARTS) is 1. The lowest BCUT2D eigenvalue weighted by molar-refractivity contribution is -0.170. The van der Waals surface area contributed by atoms with Crippen LogP contribution in [0.4, 0.5) is 4.79 Å². The van der Waals surface area contributed by atoms with Crippen LogP contribution in [0.15, 0.2) is 121 Å². The number of ether oxygens (including phenoxy) is 2. The van der Waals surface area contributed by atoms with Gasteiger partial charge in [-0.25, -0.2) is 9.59 Å². The predicted octanol–water partition coefficient (Wildman–Crippen LogP) is 3.80. The summed E-state index contributed by atoms with van der Waals surface area (Å²) in [5.41, 5.74) is 0.127. The van der Waals surface area contributed by atoms with Gasteiger partial charge in [-0.3, -0.25) is 24.0 Å². The van der Waals surface area contributed by atoms with Gasteiger partial charge in [-0.05, 0) is 44.2 Å². The fourth-order valence-electron chi connectivity index (χ4n) is 12.0. The Labute approximate surface area is 390 Å². The number of fused-ring (bicyclic) bond motifs is 6. The molecule has 5 aliphatic heterocycles. The van der Waals surface area contributed by atoms with Crippen LogP contribution in [0.1, 0.15) is 47.4 Å². The van der Waals surface area contributed by atoms with Crippen LogP contribution in [-0.4, -0.2) is 134 Å². The van der Waals surface area contributed by atoms with Crippen LogP contribution in [-0.2, 0) is 51.3 Å². The number of nitrogens with one attached hydrogen (secondary N) is 2. The molecule has 3 N–H and O–H groups in total. The van der Waals surface area contributed by atoms with Crippen molar-refractivity contribution in [3.8, 4) is 11.1 Å². The standard InChI is InChI=1S/C52H48N6O10/c1-67-48(65)50(54-49(66)68-27-39-37-20-9-7-18-35(37)36-19-8-10-21-38(36)39)23-41-43(59)57(25-31-12-3-2-4-13-31)52(47(64)55(41)29-50)24-42-44(60)58(26-33-16-11-15-32-14-5-6-17-34(32)33)51(46(63)56(42)30-52)22-40(45(61)62)53-28-51/h2-21,39-42,53H,22-30H2,1H3,(H,54,66)(H,61,62)/t40-,41-,42-,50-,51-,52-/m0/s1. The minimum absolute atomic E-state index is 0.0186. The van der Waals surface area contributed by atoms with Crippen molar-refractivity contribution >= 4 is 52.4 Å². The van der Waals surface area contributed by atoms with Crippen molar-refractivity contribution in [1.29, 1.82) is 0 Å². The molecule has 0 unspecified atom stereocenters. The van der Waals surface area contributed by atoms with Crippen molar-refractivity contribution in [3.63, 3.8) is 0 Å². The Morgan fingerprint density at radius 1 is 0.691 bits per heavy atom. The molecule has 11 rings (SSSR count). The van der Waals surface area contributed by atoms with E-state index in [1.54, 1.807) is 24.3 Å². The summed E-state index contributed by atoms with van der Waals surface area (Å²) in [6.45, 7) is -1.11. The number of hydrogen-bond donors (Lipinski definition) is 3. The summed E-state index contributed by atoms with van der Waals surface area (Å²) in [6.07, 6.45) is -1.75. The molecule has 0 radical (unpaired) electrons. The van der Waals surface area contributed by atoms with Crippen LogP contribution in [0.5, 0.6) is 0 Å². The Kier molecular flexibility index (Phi) is 10.1. The third-order valence-electron chi connectivity index (χ3n) is 15.3. The highest BCUT2D eigenvalue weighted by atomic mass is 16.6. The van der Waals surface area contributed by atoms with Crippen LogP contribution >= 0.6 is 0 Å². The zero-order valence-electron chi connectivity index (χ0n) is 37.1. The Balaban J connectivity index is 0.927. The molecule has 5 fully saturated rings. The number of amides is 5. The molecule has 16 nitrogen and oxygen atoms in total. The van der Waals surface area contributed by atoms with Gasteiger partial charge in [0, 0.05) is 44.8 Å². The molecule has 1 aliphatic carbocycles. The van der Waals surface area contributed by atoms with Crippen LogP contribution in [0, 0.1) is 0 Å². The first-order valence-electron chi connectivity index (χ1n) is 22.8. The summed E-state index contributed by atoms with van der Waals surface area (Å²) in [6, 6.07) is 34.5. The SMILES string of the molecule is COC(=O)[C@]1(NC(=O)OCC2c3ccccc3-c3ccccc32)C[C@H]2C(=O)N(Cc3ccccc3)[C@]3(C[C@H]4C(=O)N(Cc5cccc6ccccc56)[C@@]5(CN[C@H](C(=O)O)C5)C(=O)N4C3)C(=O)N2C1. The molecule has 0 aromatic heterocycles. The van der Waals surface area contributed by atoms with Gasteiger partial charge in [0.2, 0.25) is 11.8 Å². The number of methoxy groups -OCH3 is 1. The van der Waals surface area contributed by atoms with Gasteiger partial charge >= 0.3 is 18.0 Å². The molecule has 0 saturated carbocycles. The lowest BCUT2D eigenvalue weighted by Crippen LogP contribution is -2.72. The second kappa shape index (κ2) is 16.0. The van der Waals surface area contributed by atoms with Crippen molar-refractivity contribution < 1.29 is 48.1 Å². The molecule has 2 spiro atoms. The Hall–Kier alpha value is -7.59. The van der Waals surface area contributed by atoms with E-state index in [-0.39, 0.29) is 58.0 Å². The number of hydrogen-bond acceptors (Lipinski definition) is 10. The fourth-order valence-corrected chi connectivity index (χ4v) is 12.0. The zero-order valence-corrected chi connectivity index (χ0v) is 37.1. The van der Waals surface area contributed by atoms with E-state index in [2.05, 4.69) is 10.6 Å². The molecule has 6 aliphatic rings. The number of rotatable bonds is 9. The largest absolute Gasteiger partial charge is 0.480 e. The van der Waals surface area contributed by atoms with Crippen molar-refractivity contribution in [1.82, 2.24) is 30.2 Å². The van der Waals surface area contributed by atoms with Gasteiger partial charge < -0.3 is 44.8 Å². The Morgan fingerprint density at radius 2 is 1.29 bits per heavy atom. The van der Waals surface area contributed by atoms with E-state index in [9.17, 15) is 19.5 Å². The minimum atomic E-state index is -1.91. The highest BCUT2D eigenvalue weighted by Crippen LogP contribution is 2.49. The Bertz CT molecular complexity index is 2920. The van der Waals surface area contributed by atoms with Crippen LogP contribution < -0.4 is 10.6 Å². The third-order valence-corrected chi connectivity index (χ3v) is 15.3. The summed E-state index contributed by atoms with van der Waals surface area (Å²) < 4.78 is 11.1. The maximum atomic E-state index is 15.6. The topological polar surface area (TPSA) is 195 Å². The monoisotopic (exact) mass is 916 g/mol. The van der Waals surface area contributed by atoms with E-state index < -0.39 is 82.9 Å². The lowest BCUT2D eigenvalue weighted by atomic mass is 9.85. The van der Waals surface area contributed by atoms with Gasteiger partial charge in [0.05, 0.1) is 20.2 Å². The smallest absolute Gasteiger partial charge is 0.408 e. The van der Waals surface area contributed by atoms with E-state index in [1.807, 2.05) is 97.1 Å². The normalized spacial score (nSPS) is 27.2. The van der Waals surface area contributed by atoms with Crippen molar-refractivity contribution in [2.75, 3.05) is 33.4 Å². The number of benzene rings is 5. The van der Waals surface area contributed by atoms with E-state index >= 15 is 19.2 Å². The lowest BCUT2D eigenvalue weighted by Gasteiger charge is -2.49. The summed E-state index contributed by atoms with van der Waals surface area (Å²) in [4.78, 5) is 107. The van der Waals surface area contributed by atoms with E-state index in [1.165, 1.54) is 19.6 Å². The number of esters is 1. The quantitative estimate of drug-likeness (QED) is 0.182. The summed E-state index contributed by atoms with van der Waals surface area (Å²) in [7, 11) is 1.16. The average molecular weight is 917 g/mol. The molecule has 5 saturated heterocycles. The first-order chi connectivity index (χ1) is 32.9. The molecule has 346 valence electrons. The highest BCUT2D eigenvalue weighted by Gasteiger charge is 2.71. The summed E-state index contributed by atoms with van der Waals surface area (Å²) in [5.74, 6) is -4.48. The van der Waals surface area contributed by atoms with Crippen molar-refractivity contribution in [2.24, 2.45) is 0 Å². The number of nitrogens with zero attached hydrogens (tertiary/aromatic N) is 4. The molecule has 5 aromatic carbocycles. The summed E-state index contributed by atoms with van der Waals surface area (Å²) >= 11 is 0. The molecule has 5 amide bonds. The van der Waals surface area contributed by atoms with Gasteiger partial charge in [-0.2, -0.15) is 0 Å². The van der Waals surface area contributed by atoms with Crippen molar-refractivity contribution in [3.05, 3.63) is 144 Å². The molecular formula is C52H48N6O10. The third kappa shape index (κ3) is 6.48. The number of piperazine rings is 2. The zero-order chi connectivity index (χ0) is 47.1. The first-order valence-corrected chi connectivity index (χ1v) is 22.8. The second-order valence-electron chi connectivity index (χ2n) is 18.8. The number of aliphatic carboxylic acids is 1. The molecular weight excluding hydrogens is 869 g/mol. The molecule has 6 atom stereocenters. The molecule has 0 bridgehead atoms. The molecule has 68 heavy (non-hydrogen) atoms. The van der Waals surface area contributed by atoms with Gasteiger partial charge in [0.15, 0.2) is 5.54 Å². The fraction of sp³-hybridized carbons (Fsp3) is 0.327. The first kappa shape index (κ1) is 43.0. The van der Waals surface area contributed by atoms with E-state index in [0.29, 0.717) is 5.56 Å². The maximum Gasteiger partial charge on any atom is 0.408 e. The van der Waals surface area contributed by atoms with Gasteiger partial charge in [-0.1, -0.05) is 121 Å². The van der Waals surface area contributed by atoms with Gasteiger partial charge in [0.1, 0.15) is 35.8 Å². The molecule has 5 heterocycles. The van der Waals surface area contributed by atoms with Crippen LogP contribution in [0.25, 0.3) is 21.9 Å². The summed E-state index contributed by atoms with van der Waals surface area (Å²) in [5, 5.41) is 17.6. The highest BCUT2D eigenvalue weighted by molar-refractivity contribution is 6.07. The predicted molar refractivity (Wildman–Crippen MR) is 244 cm³/mol. The number of alkyl carbamates (subject to hydrolysis) is 1. The van der Waals surface area contributed by atoms with Crippen LogP contribution in [0.2, 0.25) is 0 Å². The molecule has 5 aromatic rings. The van der Waals surface area contributed by atoms with E-state index in [0.717, 1.165) is 45.7 Å². The number of carbonyl (C=O) groups is 7. The van der Waals surface area contributed by atoms with Gasteiger partial charge in [0.25, 0.3) is 11.8 Å². The molecule has 16 heteroatoms. The van der Waals surface area contributed by atoms with Gasteiger partial charge in [-0.15, -0.1) is 0 Å². The Morgan fingerprint density at radius 3 is 1.99 bits per heavy atom. The second-order valence-corrected chi connectivity index (χ2v) is 18.8. The van der Waals surface area contributed by atoms with Crippen LogP contribution in [0.3, 0.4) is 0 Å². The van der Waals surface area contributed by atoms with Crippen molar-refractivity contribution in [2.45, 2.75) is 73.0 Å². The number of carbonyl (C=O) groups excluding carboxylic acids is 6. The average Bonchev–Trinajstić information content (AvgIpc) is 4.16. The number of carboxylic acids is 1. The minimum Gasteiger partial charge on any atom is -0.480 e.